The summed E-state index contributed by atoms with van der Waals surface area (Å²) in [6.45, 7) is 0.419. The molecule has 0 aromatic heterocycles. The normalized spacial score (nSPS) is 9.95. The summed E-state index contributed by atoms with van der Waals surface area (Å²) in [5, 5.41) is 5.41. The molecule has 0 spiro atoms. The second kappa shape index (κ2) is 7.59. The molecular formula is C16H15BrN2O2. The van der Waals surface area contributed by atoms with E-state index in [1.807, 2.05) is 48.5 Å². The third-order valence-electron chi connectivity index (χ3n) is 2.80. The van der Waals surface area contributed by atoms with E-state index >= 15 is 0 Å². The van der Waals surface area contributed by atoms with Crippen LogP contribution in [0.3, 0.4) is 0 Å². The van der Waals surface area contributed by atoms with E-state index in [9.17, 15) is 9.59 Å². The first-order valence-corrected chi connectivity index (χ1v) is 7.29. The van der Waals surface area contributed by atoms with Gasteiger partial charge in [-0.1, -0.05) is 42.5 Å². The van der Waals surface area contributed by atoms with Crippen molar-refractivity contribution in [3.05, 3.63) is 64.6 Å². The predicted octanol–water partition coefficient (Wildman–Crippen LogP) is 3.09. The number of carbonyl (C=O) groups is 2. The maximum atomic E-state index is 11.8. The number of hydrogen-bond donors (Lipinski definition) is 2. The van der Waals surface area contributed by atoms with Crippen molar-refractivity contribution in [3.63, 3.8) is 0 Å². The smallest absolute Gasteiger partial charge is 0.233 e. The van der Waals surface area contributed by atoms with Gasteiger partial charge in [-0.3, -0.25) is 9.59 Å². The third-order valence-corrected chi connectivity index (χ3v) is 3.49. The van der Waals surface area contributed by atoms with Crippen molar-refractivity contribution in [2.24, 2.45) is 0 Å². The van der Waals surface area contributed by atoms with Gasteiger partial charge in [-0.05, 0) is 33.6 Å². The van der Waals surface area contributed by atoms with Crippen LogP contribution in [0.1, 0.15) is 12.0 Å². The lowest BCUT2D eigenvalue weighted by Crippen LogP contribution is -2.27. The molecule has 0 unspecified atom stereocenters. The molecule has 4 nitrogen and oxygen atoms in total. The molecule has 0 aliphatic carbocycles. The van der Waals surface area contributed by atoms with Crippen LogP contribution in [0.2, 0.25) is 0 Å². The molecule has 2 amide bonds. The molecule has 21 heavy (non-hydrogen) atoms. The van der Waals surface area contributed by atoms with E-state index in [4.69, 9.17) is 0 Å². The minimum absolute atomic E-state index is 0.200. The number of amides is 2. The van der Waals surface area contributed by atoms with Gasteiger partial charge in [0, 0.05) is 11.0 Å². The van der Waals surface area contributed by atoms with Crippen LogP contribution in [0.25, 0.3) is 0 Å². The van der Waals surface area contributed by atoms with Crippen molar-refractivity contribution in [3.8, 4) is 0 Å². The zero-order valence-corrected chi connectivity index (χ0v) is 12.9. The van der Waals surface area contributed by atoms with E-state index in [1.54, 1.807) is 6.07 Å². The number of para-hydroxylation sites is 1. The van der Waals surface area contributed by atoms with Gasteiger partial charge < -0.3 is 10.6 Å². The Balaban J connectivity index is 1.80. The number of nitrogens with one attached hydrogen (secondary N) is 2. The lowest BCUT2D eigenvalue weighted by molar-refractivity contribution is -0.126. The summed E-state index contributed by atoms with van der Waals surface area (Å²) in [5.74, 6) is -0.643. The molecular weight excluding hydrogens is 332 g/mol. The molecule has 0 saturated carbocycles. The fourth-order valence-corrected chi connectivity index (χ4v) is 2.15. The largest absolute Gasteiger partial charge is 0.352 e. The number of hydrogen-bond acceptors (Lipinski definition) is 2. The molecule has 2 aromatic carbocycles. The monoisotopic (exact) mass is 346 g/mol. The summed E-state index contributed by atoms with van der Waals surface area (Å²) < 4.78 is 0.781. The highest BCUT2D eigenvalue weighted by Gasteiger charge is 2.10. The number of benzene rings is 2. The first-order chi connectivity index (χ1) is 10.1. The van der Waals surface area contributed by atoms with E-state index in [1.165, 1.54) is 0 Å². The zero-order chi connectivity index (χ0) is 15.1. The van der Waals surface area contributed by atoms with Crippen LogP contribution >= 0.6 is 15.9 Å². The second-order valence-electron chi connectivity index (χ2n) is 4.47. The summed E-state index contributed by atoms with van der Waals surface area (Å²) >= 11 is 3.34. The number of carbonyl (C=O) groups excluding carboxylic acids is 2. The van der Waals surface area contributed by atoms with Crippen LogP contribution in [-0.4, -0.2) is 11.8 Å². The van der Waals surface area contributed by atoms with Gasteiger partial charge in [-0.15, -0.1) is 0 Å². The predicted molar refractivity (Wildman–Crippen MR) is 85.7 cm³/mol. The Kier molecular flexibility index (Phi) is 5.51. The average Bonchev–Trinajstić information content (AvgIpc) is 2.48. The molecule has 0 atom stereocenters. The van der Waals surface area contributed by atoms with Gasteiger partial charge in [0.05, 0.1) is 5.69 Å². The summed E-state index contributed by atoms with van der Waals surface area (Å²) in [6.07, 6.45) is -0.200. The third kappa shape index (κ3) is 5.04. The Morgan fingerprint density at radius 3 is 2.29 bits per heavy atom. The van der Waals surface area contributed by atoms with E-state index in [0.29, 0.717) is 12.2 Å². The molecule has 0 aliphatic rings. The quantitative estimate of drug-likeness (QED) is 0.817. The standard InChI is InChI=1S/C16H15BrN2O2/c17-13-8-4-5-9-14(13)19-16(21)10-15(20)18-11-12-6-2-1-3-7-12/h1-9H,10-11H2,(H,18,20)(H,19,21). The zero-order valence-electron chi connectivity index (χ0n) is 11.3. The maximum absolute atomic E-state index is 11.8. The lowest BCUT2D eigenvalue weighted by Gasteiger charge is -2.08. The van der Waals surface area contributed by atoms with Crippen molar-refractivity contribution in [1.29, 1.82) is 0 Å². The molecule has 0 saturated heterocycles. The van der Waals surface area contributed by atoms with Gasteiger partial charge in [-0.2, -0.15) is 0 Å². The Morgan fingerprint density at radius 1 is 0.905 bits per heavy atom. The lowest BCUT2D eigenvalue weighted by atomic mass is 10.2. The molecule has 108 valence electrons. The SMILES string of the molecule is O=C(CC(=O)Nc1ccccc1Br)NCc1ccccc1. The highest BCUT2D eigenvalue weighted by Crippen LogP contribution is 2.21. The summed E-state index contributed by atoms with van der Waals surface area (Å²) in [5.41, 5.74) is 1.65. The molecule has 5 heteroatoms. The average molecular weight is 347 g/mol. The Labute approximate surface area is 131 Å². The fourth-order valence-electron chi connectivity index (χ4n) is 1.76. The number of anilines is 1. The topological polar surface area (TPSA) is 58.2 Å². The van der Waals surface area contributed by atoms with Gasteiger partial charge in [0.2, 0.25) is 11.8 Å². The van der Waals surface area contributed by atoms with Gasteiger partial charge in [0.1, 0.15) is 6.42 Å². The van der Waals surface area contributed by atoms with Gasteiger partial charge in [0.15, 0.2) is 0 Å². The van der Waals surface area contributed by atoms with E-state index < -0.39 is 0 Å². The van der Waals surface area contributed by atoms with Crippen LogP contribution in [0.5, 0.6) is 0 Å². The molecule has 2 N–H and O–H groups in total. The Hall–Kier alpha value is -2.14. The van der Waals surface area contributed by atoms with Crippen molar-refractivity contribution in [2.75, 3.05) is 5.32 Å². The maximum Gasteiger partial charge on any atom is 0.233 e. The minimum Gasteiger partial charge on any atom is -0.352 e. The Morgan fingerprint density at radius 2 is 1.57 bits per heavy atom. The molecule has 2 rings (SSSR count). The van der Waals surface area contributed by atoms with Crippen LogP contribution in [0.4, 0.5) is 5.69 Å². The number of halogens is 1. The molecule has 0 fully saturated rings. The molecule has 0 radical (unpaired) electrons. The molecule has 0 heterocycles. The fraction of sp³-hybridized carbons (Fsp3) is 0.125. The van der Waals surface area contributed by atoms with Crippen molar-refractivity contribution in [2.45, 2.75) is 13.0 Å². The van der Waals surface area contributed by atoms with E-state index in [2.05, 4.69) is 26.6 Å². The van der Waals surface area contributed by atoms with Gasteiger partial charge in [0.25, 0.3) is 0 Å². The first-order valence-electron chi connectivity index (χ1n) is 6.50. The highest BCUT2D eigenvalue weighted by atomic mass is 79.9. The molecule has 0 bridgehead atoms. The second-order valence-corrected chi connectivity index (χ2v) is 5.32. The van der Waals surface area contributed by atoms with Crippen molar-refractivity contribution in [1.82, 2.24) is 5.32 Å². The Bertz CT molecular complexity index is 629. The van der Waals surface area contributed by atoms with Crippen LogP contribution < -0.4 is 10.6 Å². The first kappa shape index (κ1) is 15.3. The minimum atomic E-state index is -0.340. The summed E-state index contributed by atoms with van der Waals surface area (Å²) in [4.78, 5) is 23.5. The molecule has 2 aromatic rings. The summed E-state index contributed by atoms with van der Waals surface area (Å²) in [7, 11) is 0. The highest BCUT2D eigenvalue weighted by molar-refractivity contribution is 9.10. The summed E-state index contributed by atoms with van der Waals surface area (Å²) in [6, 6.07) is 16.8. The van der Waals surface area contributed by atoms with Crippen LogP contribution in [-0.2, 0) is 16.1 Å². The van der Waals surface area contributed by atoms with Crippen LogP contribution in [0.15, 0.2) is 59.1 Å². The van der Waals surface area contributed by atoms with E-state index in [0.717, 1.165) is 10.0 Å². The van der Waals surface area contributed by atoms with Crippen molar-refractivity contribution < 1.29 is 9.59 Å². The van der Waals surface area contributed by atoms with Gasteiger partial charge >= 0.3 is 0 Å². The molecule has 0 aliphatic heterocycles. The van der Waals surface area contributed by atoms with E-state index in [-0.39, 0.29) is 18.2 Å². The number of rotatable bonds is 5. The van der Waals surface area contributed by atoms with Crippen LogP contribution in [0, 0.1) is 0 Å². The van der Waals surface area contributed by atoms with Gasteiger partial charge in [-0.25, -0.2) is 0 Å². The van der Waals surface area contributed by atoms with Crippen molar-refractivity contribution >= 4 is 33.4 Å².